The van der Waals surface area contributed by atoms with Gasteiger partial charge in [-0.15, -0.1) is 0 Å². The molecule has 37 heavy (non-hydrogen) atoms. The lowest BCUT2D eigenvalue weighted by Crippen LogP contribution is -2.54. The molecule has 7 nitrogen and oxygen atoms in total. The first kappa shape index (κ1) is 25.8. The standard InChI is InChI=1S/C25H22ClF3N4O3S/c1-31-7-6-20(21(34)13-31)33-23(35)22(37-24(33)36)9-14-2-5-19-16(8-14)11-30-32(19)12-15-3-4-17(26)10-18(15)25(27,28)29/h2-5,8-11,20-21,34H,6-7,12-13H2,1H3/t20-,21-/m0/s1. The summed E-state index contributed by atoms with van der Waals surface area (Å²) in [5.74, 6) is -0.443. The minimum Gasteiger partial charge on any atom is -0.390 e. The molecule has 194 valence electrons. The third-order valence-electron chi connectivity index (χ3n) is 6.57. The molecule has 2 aromatic carbocycles. The predicted octanol–water partition coefficient (Wildman–Crippen LogP) is 4.86. The van der Waals surface area contributed by atoms with Crippen molar-refractivity contribution in [3.05, 3.63) is 69.2 Å². The summed E-state index contributed by atoms with van der Waals surface area (Å²) in [7, 11) is 1.87. The van der Waals surface area contributed by atoms with Gasteiger partial charge >= 0.3 is 6.18 Å². The number of amides is 2. The highest BCUT2D eigenvalue weighted by molar-refractivity contribution is 8.18. The average molecular weight is 551 g/mol. The van der Waals surface area contributed by atoms with Crippen molar-refractivity contribution in [3.8, 4) is 0 Å². The number of carbonyl (C=O) groups is 2. The van der Waals surface area contributed by atoms with Crippen LogP contribution in [0.2, 0.25) is 5.02 Å². The fraction of sp³-hybridized carbons (Fsp3) is 0.320. The van der Waals surface area contributed by atoms with Gasteiger partial charge in [-0.05, 0) is 66.7 Å². The average Bonchev–Trinajstić information content (AvgIpc) is 3.34. The van der Waals surface area contributed by atoms with Gasteiger partial charge in [0.15, 0.2) is 0 Å². The number of halogens is 4. The van der Waals surface area contributed by atoms with Gasteiger partial charge in [0.05, 0.1) is 40.9 Å². The van der Waals surface area contributed by atoms with E-state index < -0.39 is 35.0 Å². The molecule has 12 heteroatoms. The molecule has 2 aliphatic heterocycles. The number of piperidine rings is 1. The van der Waals surface area contributed by atoms with Crippen molar-refractivity contribution >= 4 is 51.5 Å². The van der Waals surface area contributed by atoms with E-state index in [2.05, 4.69) is 5.10 Å². The van der Waals surface area contributed by atoms with Crippen molar-refractivity contribution in [2.75, 3.05) is 20.1 Å². The summed E-state index contributed by atoms with van der Waals surface area (Å²) in [5.41, 5.74) is 0.480. The zero-order valence-corrected chi connectivity index (χ0v) is 21.1. The number of thioether (sulfide) groups is 1. The first-order valence-corrected chi connectivity index (χ1v) is 12.7. The van der Waals surface area contributed by atoms with Crippen molar-refractivity contribution in [2.45, 2.75) is 31.3 Å². The maximum atomic E-state index is 13.5. The molecule has 2 amide bonds. The molecule has 1 aromatic heterocycles. The number of hydrogen-bond donors (Lipinski definition) is 1. The molecule has 2 atom stereocenters. The molecule has 3 aromatic rings. The van der Waals surface area contributed by atoms with E-state index in [0.29, 0.717) is 36.0 Å². The van der Waals surface area contributed by atoms with E-state index in [4.69, 9.17) is 11.6 Å². The van der Waals surface area contributed by atoms with E-state index in [0.717, 1.165) is 22.7 Å². The number of benzene rings is 2. The summed E-state index contributed by atoms with van der Waals surface area (Å²) in [4.78, 5) is 29.0. The fourth-order valence-corrected chi connectivity index (χ4v) is 5.79. The number of rotatable bonds is 4. The Kier molecular flexibility index (Phi) is 6.82. The topological polar surface area (TPSA) is 78.7 Å². The molecular weight excluding hydrogens is 529 g/mol. The molecule has 3 heterocycles. The molecule has 0 saturated carbocycles. The summed E-state index contributed by atoms with van der Waals surface area (Å²) in [6, 6.07) is 8.26. The van der Waals surface area contributed by atoms with Gasteiger partial charge in [-0.1, -0.05) is 23.7 Å². The first-order chi connectivity index (χ1) is 17.5. The van der Waals surface area contributed by atoms with E-state index in [1.165, 1.54) is 23.0 Å². The summed E-state index contributed by atoms with van der Waals surface area (Å²) >= 11 is 6.61. The third kappa shape index (κ3) is 5.13. The number of aliphatic hydroxyl groups is 1. The van der Waals surface area contributed by atoms with Crippen LogP contribution in [0.25, 0.3) is 17.0 Å². The number of imide groups is 1. The fourth-order valence-electron chi connectivity index (χ4n) is 4.73. The number of carbonyl (C=O) groups excluding carboxylic acids is 2. The van der Waals surface area contributed by atoms with E-state index in [9.17, 15) is 27.9 Å². The summed E-state index contributed by atoms with van der Waals surface area (Å²) < 4.78 is 41.9. The number of hydrogen-bond acceptors (Lipinski definition) is 6. The van der Waals surface area contributed by atoms with Crippen LogP contribution in [0, 0.1) is 0 Å². The normalized spacial score (nSPS) is 22.5. The summed E-state index contributed by atoms with van der Waals surface area (Å²) in [5, 5.41) is 14.9. The SMILES string of the molecule is CN1CC[C@H](N2C(=O)SC(=Cc3ccc4c(cnn4Cc4ccc(Cl)cc4C(F)(F)F)c3)C2=O)[C@@H](O)C1. The molecule has 0 unspecified atom stereocenters. The Morgan fingerprint density at radius 2 is 2.00 bits per heavy atom. The largest absolute Gasteiger partial charge is 0.416 e. The Morgan fingerprint density at radius 1 is 1.22 bits per heavy atom. The van der Waals surface area contributed by atoms with Crippen LogP contribution in [-0.4, -0.2) is 68.1 Å². The van der Waals surface area contributed by atoms with Crippen LogP contribution in [0.1, 0.15) is 23.1 Å². The van der Waals surface area contributed by atoms with Gasteiger partial charge in [-0.2, -0.15) is 18.3 Å². The van der Waals surface area contributed by atoms with E-state index in [1.807, 2.05) is 11.9 Å². The molecular formula is C25H22ClF3N4O3S. The summed E-state index contributed by atoms with van der Waals surface area (Å²) in [6.45, 7) is 0.947. The Labute approximate surface area is 219 Å². The number of fused-ring (bicyclic) bond motifs is 1. The lowest BCUT2D eigenvalue weighted by molar-refractivity contribution is -0.138. The van der Waals surface area contributed by atoms with Crippen molar-refractivity contribution in [2.24, 2.45) is 0 Å². The van der Waals surface area contributed by atoms with E-state index >= 15 is 0 Å². The van der Waals surface area contributed by atoms with Gasteiger partial charge in [0.25, 0.3) is 11.1 Å². The number of aliphatic hydroxyl groups excluding tert-OH is 1. The van der Waals surface area contributed by atoms with Crippen LogP contribution in [0.4, 0.5) is 18.0 Å². The minimum absolute atomic E-state index is 0.000728. The molecule has 0 spiro atoms. The van der Waals surface area contributed by atoms with Crippen molar-refractivity contribution in [3.63, 3.8) is 0 Å². The molecule has 0 radical (unpaired) electrons. The zero-order chi connectivity index (χ0) is 26.5. The van der Waals surface area contributed by atoms with Crippen LogP contribution in [0.3, 0.4) is 0 Å². The Balaban J connectivity index is 1.39. The maximum Gasteiger partial charge on any atom is 0.416 e. The van der Waals surface area contributed by atoms with E-state index in [-0.39, 0.29) is 22.0 Å². The Morgan fingerprint density at radius 3 is 2.73 bits per heavy atom. The Hall–Kier alpha value is -2.86. The lowest BCUT2D eigenvalue weighted by Gasteiger charge is -2.37. The smallest absolute Gasteiger partial charge is 0.390 e. The highest BCUT2D eigenvalue weighted by atomic mass is 35.5. The van der Waals surface area contributed by atoms with Crippen LogP contribution >= 0.6 is 23.4 Å². The van der Waals surface area contributed by atoms with E-state index in [1.54, 1.807) is 24.3 Å². The van der Waals surface area contributed by atoms with Crippen molar-refractivity contribution in [1.82, 2.24) is 19.6 Å². The van der Waals surface area contributed by atoms with Gasteiger partial charge in [0.1, 0.15) is 0 Å². The van der Waals surface area contributed by atoms with Crippen LogP contribution in [0.15, 0.2) is 47.5 Å². The number of β-amino-alcohol motifs (C(OH)–C–C–N with tert-alkyl or cyclic N) is 1. The van der Waals surface area contributed by atoms with Gasteiger partial charge < -0.3 is 10.0 Å². The highest BCUT2D eigenvalue weighted by Crippen LogP contribution is 2.37. The number of likely N-dealkylation sites (N-methyl/N-ethyl adjacent to an activating group) is 1. The second-order valence-corrected chi connectivity index (χ2v) is 10.6. The Bertz CT molecular complexity index is 1420. The maximum absolute atomic E-state index is 13.5. The van der Waals surface area contributed by atoms with Crippen molar-refractivity contribution in [1.29, 1.82) is 0 Å². The molecule has 2 aliphatic rings. The van der Waals surface area contributed by atoms with Gasteiger partial charge in [0, 0.05) is 23.5 Å². The van der Waals surface area contributed by atoms with Crippen LogP contribution in [-0.2, 0) is 17.5 Å². The monoisotopic (exact) mass is 550 g/mol. The van der Waals surface area contributed by atoms with Gasteiger partial charge in [0.2, 0.25) is 0 Å². The molecule has 0 bridgehead atoms. The molecule has 2 fully saturated rings. The number of nitrogens with zero attached hydrogens (tertiary/aromatic N) is 4. The quantitative estimate of drug-likeness (QED) is 0.468. The predicted molar refractivity (Wildman–Crippen MR) is 135 cm³/mol. The van der Waals surface area contributed by atoms with Crippen LogP contribution < -0.4 is 0 Å². The zero-order valence-electron chi connectivity index (χ0n) is 19.6. The molecule has 2 saturated heterocycles. The van der Waals surface area contributed by atoms with Crippen molar-refractivity contribution < 1.29 is 27.9 Å². The van der Waals surface area contributed by atoms with Gasteiger partial charge in [-0.3, -0.25) is 19.2 Å². The second-order valence-electron chi connectivity index (χ2n) is 9.16. The molecule has 5 rings (SSSR count). The number of likely N-dealkylation sites (tertiary alicyclic amines) is 1. The number of alkyl halides is 3. The third-order valence-corrected chi connectivity index (χ3v) is 7.68. The minimum atomic E-state index is -4.55. The van der Waals surface area contributed by atoms with Gasteiger partial charge in [-0.25, -0.2) is 0 Å². The second kappa shape index (κ2) is 9.79. The first-order valence-electron chi connectivity index (χ1n) is 11.5. The highest BCUT2D eigenvalue weighted by Gasteiger charge is 2.43. The number of aromatic nitrogens is 2. The summed E-state index contributed by atoms with van der Waals surface area (Å²) in [6.07, 6.45) is -1.73. The van der Waals surface area contributed by atoms with Crippen LogP contribution in [0.5, 0.6) is 0 Å². The molecule has 1 N–H and O–H groups in total. The lowest BCUT2D eigenvalue weighted by atomic mass is 10.0. The molecule has 0 aliphatic carbocycles.